The Bertz CT molecular complexity index is 258. The molecule has 0 aromatic carbocycles. The van der Waals surface area contributed by atoms with Crippen molar-refractivity contribution in [3.63, 3.8) is 0 Å². The van der Waals surface area contributed by atoms with Gasteiger partial charge >= 0.3 is 5.97 Å². The molecule has 0 bridgehead atoms. The van der Waals surface area contributed by atoms with Crippen LogP contribution in [0.4, 0.5) is 0 Å². The summed E-state index contributed by atoms with van der Waals surface area (Å²) in [7, 11) is 0. The molecule has 0 aromatic rings. The summed E-state index contributed by atoms with van der Waals surface area (Å²) in [5.74, 6) is 0.102. The topological polar surface area (TPSA) is 35.5 Å². The van der Waals surface area contributed by atoms with E-state index in [-0.39, 0.29) is 12.6 Å². The molecular weight excluding hydrogens is 228 g/mol. The lowest BCUT2D eigenvalue weighted by Crippen LogP contribution is -2.17. The van der Waals surface area contributed by atoms with Crippen LogP contribution in [0.5, 0.6) is 0 Å². The van der Waals surface area contributed by atoms with E-state index in [9.17, 15) is 4.79 Å². The van der Waals surface area contributed by atoms with Crippen molar-refractivity contribution in [3.05, 3.63) is 24.8 Å². The SMILES string of the molecule is C=CCOCC(=C)C(=O)OCC(CC)CCCC. The van der Waals surface area contributed by atoms with Crippen LogP contribution in [-0.2, 0) is 14.3 Å². The first-order valence-corrected chi connectivity index (χ1v) is 6.69. The van der Waals surface area contributed by atoms with Crippen LogP contribution in [0, 0.1) is 5.92 Å². The van der Waals surface area contributed by atoms with E-state index in [1.165, 1.54) is 12.8 Å². The Morgan fingerprint density at radius 1 is 1.39 bits per heavy atom. The van der Waals surface area contributed by atoms with Gasteiger partial charge in [0.25, 0.3) is 0 Å². The molecule has 0 radical (unpaired) electrons. The molecule has 0 aliphatic heterocycles. The zero-order valence-corrected chi connectivity index (χ0v) is 11.7. The molecule has 0 amide bonds. The summed E-state index contributed by atoms with van der Waals surface area (Å²) >= 11 is 0. The normalized spacial score (nSPS) is 11.9. The average molecular weight is 254 g/mol. The molecule has 0 N–H and O–H groups in total. The fourth-order valence-electron chi connectivity index (χ4n) is 1.52. The number of carbonyl (C=O) groups is 1. The Morgan fingerprint density at radius 2 is 2.11 bits per heavy atom. The highest BCUT2D eigenvalue weighted by Gasteiger charge is 2.12. The van der Waals surface area contributed by atoms with Gasteiger partial charge in [0.2, 0.25) is 0 Å². The molecule has 18 heavy (non-hydrogen) atoms. The number of hydrogen-bond acceptors (Lipinski definition) is 3. The molecule has 1 unspecified atom stereocenters. The summed E-state index contributed by atoms with van der Waals surface area (Å²) in [5, 5.41) is 0. The van der Waals surface area contributed by atoms with Crippen LogP contribution in [0.25, 0.3) is 0 Å². The molecule has 0 aliphatic rings. The van der Waals surface area contributed by atoms with Gasteiger partial charge in [-0.2, -0.15) is 0 Å². The van der Waals surface area contributed by atoms with Crippen molar-refractivity contribution < 1.29 is 14.3 Å². The first-order chi connectivity index (χ1) is 8.65. The Balaban J connectivity index is 3.84. The van der Waals surface area contributed by atoms with E-state index in [0.717, 1.165) is 12.8 Å². The van der Waals surface area contributed by atoms with Gasteiger partial charge in [0, 0.05) is 0 Å². The maximum Gasteiger partial charge on any atom is 0.335 e. The summed E-state index contributed by atoms with van der Waals surface area (Å²) < 4.78 is 10.4. The molecule has 0 heterocycles. The van der Waals surface area contributed by atoms with E-state index >= 15 is 0 Å². The Morgan fingerprint density at radius 3 is 2.67 bits per heavy atom. The second kappa shape index (κ2) is 11.0. The lowest BCUT2D eigenvalue weighted by molar-refractivity contribution is -0.141. The fraction of sp³-hybridized carbons (Fsp3) is 0.667. The van der Waals surface area contributed by atoms with Crippen molar-refractivity contribution in [2.24, 2.45) is 5.92 Å². The van der Waals surface area contributed by atoms with Crippen molar-refractivity contribution in [1.82, 2.24) is 0 Å². The highest BCUT2D eigenvalue weighted by atomic mass is 16.5. The minimum absolute atomic E-state index is 0.205. The minimum Gasteiger partial charge on any atom is -0.462 e. The third-order valence-electron chi connectivity index (χ3n) is 2.79. The van der Waals surface area contributed by atoms with Gasteiger partial charge in [-0.25, -0.2) is 4.79 Å². The molecule has 0 aromatic heterocycles. The summed E-state index contributed by atoms with van der Waals surface area (Å²) in [6.07, 6.45) is 6.13. The number of rotatable bonds is 11. The van der Waals surface area contributed by atoms with Crippen molar-refractivity contribution >= 4 is 5.97 Å². The monoisotopic (exact) mass is 254 g/mol. The lowest BCUT2D eigenvalue weighted by Gasteiger charge is -2.15. The summed E-state index contributed by atoms with van der Waals surface area (Å²) in [6, 6.07) is 0. The van der Waals surface area contributed by atoms with Crippen LogP contribution in [0.15, 0.2) is 24.8 Å². The van der Waals surface area contributed by atoms with E-state index in [2.05, 4.69) is 27.0 Å². The van der Waals surface area contributed by atoms with Crippen LogP contribution in [0.1, 0.15) is 39.5 Å². The smallest absolute Gasteiger partial charge is 0.335 e. The quantitative estimate of drug-likeness (QED) is 0.245. The predicted molar refractivity (Wildman–Crippen MR) is 74.4 cm³/mol. The summed E-state index contributed by atoms with van der Waals surface area (Å²) in [6.45, 7) is 12.6. The zero-order chi connectivity index (χ0) is 13.8. The van der Waals surface area contributed by atoms with Crippen molar-refractivity contribution in [2.45, 2.75) is 39.5 Å². The molecule has 3 nitrogen and oxygen atoms in total. The first kappa shape index (κ1) is 16.9. The Kier molecular flexibility index (Phi) is 10.4. The van der Waals surface area contributed by atoms with Crippen LogP contribution in [-0.4, -0.2) is 25.8 Å². The Labute approximate surface area is 111 Å². The summed E-state index contributed by atoms with van der Waals surface area (Å²) in [4.78, 5) is 11.6. The highest BCUT2D eigenvalue weighted by molar-refractivity contribution is 5.87. The summed E-state index contributed by atoms with van der Waals surface area (Å²) in [5.41, 5.74) is 0.363. The first-order valence-electron chi connectivity index (χ1n) is 6.69. The van der Waals surface area contributed by atoms with Gasteiger partial charge in [0.05, 0.1) is 25.4 Å². The van der Waals surface area contributed by atoms with Crippen LogP contribution >= 0.6 is 0 Å². The van der Waals surface area contributed by atoms with Crippen LogP contribution < -0.4 is 0 Å². The molecule has 0 aliphatic carbocycles. The molecule has 0 spiro atoms. The molecule has 0 saturated carbocycles. The third kappa shape index (κ3) is 8.07. The molecule has 0 saturated heterocycles. The standard InChI is InChI=1S/C15H26O3/c1-5-8-9-14(7-3)12-18-15(16)13(4)11-17-10-6-2/h6,14H,2,4-5,7-12H2,1,3H3. The van der Waals surface area contributed by atoms with Crippen LogP contribution in [0.3, 0.4) is 0 Å². The van der Waals surface area contributed by atoms with Gasteiger partial charge in [-0.15, -0.1) is 6.58 Å². The average Bonchev–Trinajstić information content (AvgIpc) is 2.38. The van der Waals surface area contributed by atoms with Gasteiger partial charge in [0.1, 0.15) is 0 Å². The van der Waals surface area contributed by atoms with Gasteiger partial charge in [0.15, 0.2) is 0 Å². The largest absolute Gasteiger partial charge is 0.462 e. The third-order valence-corrected chi connectivity index (χ3v) is 2.79. The van der Waals surface area contributed by atoms with Crippen molar-refractivity contribution in [1.29, 1.82) is 0 Å². The van der Waals surface area contributed by atoms with E-state index in [1.54, 1.807) is 6.08 Å². The Hall–Kier alpha value is -1.09. The van der Waals surface area contributed by atoms with E-state index < -0.39 is 0 Å². The van der Waals surface area contributed by atoms with Crippen molar-refractivity contribution in [3.8, 4) is 0 Å². The number of hydrogen-bond donors (Lipinski definition) is 0. The molecule has 1 atom stereocenters. The van der Waals surface area contributed by atoms with E-state index in [0.29, 0.717) is 24.7 Å². The fourth-order valence-corrected chi connectivity index (χ4v) is 1.52. The van der Waals surface area contributed by atoms with E-state index in [4.69, 9.17) is 9.47 Å². The number of unbranched alkanes of at least 4 members (excludes halogenated alkanes) is 1. The molecule has 3 heteroatoms. The second-order valence-corrected chi connectivity index (χ2v) is 4.42. The number of ether oxygens (including phenoxy) is 2. The highest BCUT2D eigenvalue weighted by Crippen LogP contribution is 2.13. The maximum absolute atomic E-state index is 11.6. The minimum atomic E-state index is -0.353. The molecule has 0 rings (SSSR count). The zero-order valence-electron chi connectivity index (χ0n) is 11.7. The van der Waals surface area contributed by atoms with Gasteiger partial charge < -0.3 is 9.47 Å². The number of carbonyl (C=O) groups excluding carboxylic acids is 1. The van der Waals surface area contributed by atoms with E-state index in [1.807, 2.05) is 0 Å². The molecular formula is C15H26O3. The molecule has 0 fully saturated rings. The van der Waals surface area contributed by atoms with Crippen LogP contribution in [0.2, 0.25) is 0 Å². The van der Waals surface area contributed by atoms with Gasteiger partial charge in [-0.1, -0.05) is 45.8 Å². The van der Waals surface area contributed by atoms with Gasteiger partial charge in [-0.05, 0) is 12.3 Å². The maximum atomic E-state index is 11.6. The number of esters is 1. The lowest BCUT2D eigenvalue weighted by atomic mass is 10.0. The van der Waals surface area contributed by atoms with Crippen molar-refractivity contribution in [2.75, 3.05) is 19.8 Å². The van der Waals surface area contributed by atoms with Gasteiger partial charge in [-0.3, -0.25) is 0 Å². The predicted octanol–water partition coefficient (Wildman–Crippen LogP) is 3.50. The second-order valence-electron chi connectivity index (χ2n) is 4.42. The molecule has 104 valence electrons.